The van der Waals surface area contributed by atoms with Crippen LogP contribution in [0.25, 0.3) is 0 Å². The second-order valence-electron chi connectivity index (χ2n) is 6.47. The van der Waals surface area contributed by atoms with Gasteiger partial charge < -0.3 is 9.73 Å². The summed E-state index contributed by atoms with van der Waals surface area (Å²) in [6.07, 6.45) is 2.33. The molecule has 1 unspecified atom stereocenters. The van der Waals surface area contributed by atoms with E-state index >= 15 is 0 Å². The normalized spacial score (nSPS) is 16.4. The summed E-state index contributed by atoms with van der Waals surface area (Å²) in [5.74, 6) is 0.492. The van der Waals surface area contributed by atoms with Crippen LogP contribution in [0, 0.1) is 0 Å². The van der Waals surface area contributed by atoms with E-state index in [1.807, 2.05) is 47.4 Å². The highest BCUT2D eigenvalue weighted by Gasteiger charge is 2.35. The van der Waals surface area contributed by atoms with Crippen molar-refractivity contribution in [2.75, 3.05) is 16.0 Å². The molecule has 0 bridgehead atoms. The van der Waals surface area contributed by atoms with Crippen molar-refractivity contribution in [3.05, 3.63) is 83.8 Å². The van der Waals surface area contributed by atoms with Gasteiger partial charge in [0, 0.05) is 11.4 Å². The fourth-order valence-corrected chi connectivity index (χ4v) is 4.51. The molecule has 1 aliphatic rings. The first kappa shape index (κ1) is 18.4. The number of benzene rings is 2. The molecule has 142 valence electrons. The highest BCUT2D eigenvalue weighted by Crippen LogP contribution is 2.43. The van der Waals surface area contributed by atoms with Gasteiger partial charge in [-0.1, -0.05) is 37.3 Å². The number of aryl methyl sites for hydroxylation is 1. The lowest BCUT2D eigenvalue weighted by molar-refractivity contribution is -0.115. The van der Waals surface area contributed by atoms with Crippen LogP contribution in [0.15, 0.2) is 71.3 Å². The van der Waals surface area contributed by atoms with E-state index in [1.165, 1.54) is 6.26 Å². The number of hydrogen-bond acceptors (Lipinski definition) is 4. The third kappa shape index (κ3) is 3.55. The molecular weight excluding hydrogens is 372 g/mol. The highest BCUT2D eigenvalue weighted by atomic mass is 32.2. The van der Waals surface area contributed by atoms with Crippen LogP contribution in [0.5, 0.6) is 0 Å². The average molecular weight is 392 g/mol. The Morgan fingerprint density at radius 1 is 1.18 bits per heavy atom. The van der Waals surface area contributed by atoms with Crippen LogP contribution >= 0.6 is 11.8 Å². The van der Waals surface area contributed by atoms with Crippen LogP contribution in [0.4, 0.5) is 11.4 Å². The lowest BCUT2D eigenvalue weighted by atomic mass is 10.1. The van der Waals surface area contributed by atoms with Gasteiger partial charge in [0.1, 0.15) is 5.37 Å². The zero-order chi connectivity index (χ0) is 19.5. The Balaban J connectivity index is 1.62. The maximum absolute atomic E-state index is 12.7. The molecule has 0 spiro atoms. The molecule has 6 heteroatoms. The molecule has 1 atom stereocenters. The lowest BCUT2D eigenvalue weighted by Crippen LogP contribution is -2.28. The molecule has 2 aromatic carbocycles. The van der Waals surface area contributed by atoms with E-state index in [2.05, 4.69) is 18.3 Å². The summed E-state index contributed by atoms with van der Waals surface area (Å²) in [5.41, 5.74) is 3.74. The summed E-state index contributed by atoms with van der Waals surface area (Å²) in [6.45, 7) is 2.09. The molecule has 1 fully saturated rings. The number of thioether (sulfide) groups is 1. The molecule has 3 aromatic rings. The van der Waals surface area contributed by atoms with E-state index in [0.29, 0.717) is 11.4 Å². The van der Waals surface area contributed by atoms with Gasteiger partial charge in [0.05, 0.1) is 12.0 Å². The van der Waals surface area contributed by atoms with Gasteiger partial charge in [-0.05, 0) is 47.9 Å². The second-order valence-corrected chi connectivity index (χ2v) is 7.53. The fraction of sp³-hybridized carbons (Fsp3) is 0.182. The van der Waals surface area contributed by atoms with Crippen molar-refractivity contribution in [2.45, 2.75) is 18.7 Å². The minimum Gasteiger partial charge on any atom is -0.459 e. The fourth-order valence-electron chi connectivity index (χ4n) is 3.35. The third-order valence-electron chi connectivity index (χ3n) is 4.67. The monoisotopic (exact) mass is 392 g/mol. The van der Waals surface area contributed by atoms with E-state index in [9.17, 15) is 9.59 Å². The molecule has 1 aromatic heterocycles. The van der Waals surface area contributed by atoms with E-state index < -0.39 is 0 Å². The zero-order valence-corrected chi connectivity index (χ0v) is 16.2. The number of anilines is 2. The molecule has 1 N–H and O–H groups in total. The molecule has 1 saturated heterocycles. The van der Waals surface area contributed by atoms with E-state index in [4.69, 9.17) is 4.42 Å². The Bertz CT molecular complexity index is 1000. The smallest absolute Gasteiger partial charge is 0.291 e. The molecule has 4 rings (SSSR count). The van der Waals surface area contributed by atoms with Crippen LogP contribution in [-0.2, 0) is 11.2 Å². The Kier molecular flexibility index (Phi) is 5.21. The van der Waals surface area contributed by atoms with Gasteiger partial charge in [-0.25, -0.2) is 0 Å². The second kappa shape index (κ2) is 7.94. The van der Waals surface area contributed by atoms with Gasteiger partial charge in [0.25, 0.3) is 5.91 Å². The number of nitrogens with zero attached hydrogens (tertiary/aromatic N) is 1. The van der Waals surface area contributed by atoms with Crippen molar-refractivity contribution < 1.29 is 14.0 Å². The molecule has 0 radical (unpaired) electrons. The summed E-state index contributed by atoms with van der Waals surface area (Å²) >= 11 is 1.60. The Morgan fingerprint density at radius 3 is 2.82 bits per heavy atom. The minimum absolute atomic E-state index is 0.0981. The molecule has 28 heavy (non-hydrogen) atoms. The topological polar surface area (TPSA) is 62.6 Å². The number of amides is 2. The van der Waals surface area contributed by atoms with Crippen molar-refractivity contribution in [1.29, 1.82) is 0 Å². The van der Waals surface area contributed by atoms with Gasteiger partial charge in [0.15, 0.2) is 5.76 Å². The predicted octanol–water partition coefficient (Wildman–Crippen LogP) is 4.87. The Hall–Kier alpha value is -2.99. The Labute approximate surface area is 167 Å². The summed E-state index contributed by atoms with van der Waals surface area (Å²) in [6, 6.07) is 18.9. The van der Waals surface area contributed by atoms with E-state index in [0.717, 1.165) is 23.2 Å². The number of para-hydroxylation sites is 1. The first-order valence-corrected chi connectivity index (χ1v) is 10.2. The number of hydrogen-bond donors (Lipinski definition) is 1. The molecular formula is C22H20N2O3S. The van der Waals surface area contributed by atoms with Gasteiger partial charge >= 0.3 is 0 Å². The molecule has 5 nitrogen and oxygen atoms in total. The van der Waals surface area contributed by atoms with Gasteiger partial charge in [-0.2, -0.15) is 0 Å². The minimum atomic E-state index is -0.300. The summed E-state index contributed by atoms with van der Waals surface area (Å²) < 4.78 is 5.14. The van der Waals surface area contributed by atoms with Crippen molar-refractivity contribution in [2.24, 2.45) is 0 Å². The SMILES string of the molecule is CCc1ccccc1N1C(=O)CSC1c1cccc(NC(=O)c2ccco2)c1. The zero-order valence-electron chi connectivity index (χ0n) is 15.4. The number of furan rings is 1. The van der Waals surface area contributed by atoms with Gasteiger partial charge in [-0.3, -0.25) is 14.5 Å². The van der Waals surface area contributed by atoms with Crippen molar-refractivity contribution in [3.8, 4) is 0 Å². The molecule has 0 aliphatic carbocycles. The molecule has 1 aliphatic heterocycles. The first-order valence-electron chi connectivity index (χ1n) is 9.13. The van der Waals surface area contributed by atoms with Crippen LogP contribution in [0.2, 0.25) is 0 Å². The average Bonchev–Trinajstić information content (AvgIpc) is 3.38. The van der Waals surface area contributed by atoms with Crippen LogP contribution < -0.4 is 10.2 Å². The van der Waals surface area contributed by atoms with Crippen LogP contribution in [0.3, 0.4) is 0 Å². The predicted molar refractivity (Wildman–Crippen MR) is 112 cm³/mol. The van der Waals surface area contributed by atoms with Crippen molar-refractivity contribution in [3.63, 3.8) is 0 Å². The van der Waals surface area contributed by atoms with Gasteiger partial charge in [-0.15, -0.1) is 11.8 Å². The maximum atomic E-state index is 12.7. The number of carbonyl (C=O) groups is 2. The number of rotatable bonds is 5. The van der Waals surface area contributed by atoms with Crippen LogP contribution in [-0.4, -0.2) is 17.6 Å². The molecule has 0 saturated carbocycles. The maximum Gasteiger partial charge on any atom is 0.291 e. The summed E-state index contributed by atoms with van der Waals surface area (Å²) in [5, 5.41) is 2.73. The summed E-state index contributed by atoms with van der Waals surface area (Å²) in [4.78, 5) is 26.8. The third-order valence-corrected chi connectivity index (χ3v) is 5.89. The van der Waals surface area contributed by atoms with E-state index in [-0.39, 0.29) is 22.9 Å². The number of nitrogens with one attached hydrogen (secondary N) is 1. The highest BCUT2D eigenvalue weighted by molar-refractivity contribution is 8.00. The van der Waals surface area contributed by atoms with Crippen molar-refractivity contribution >= 4 is 35.0 Å². The number of carbonyl (C=O) groups excluding carboxylic acids is 2. The van der Waals surface area contributed by atoms with Crippen molar-refractivity contribution in [1.82, 2.24) is 0 Å². The first-order chi connectivity index (χ1) is 13.7. The standard InChI is InChI=1S/C22H20N2O3S/c1-2-15-7-3-4-10-18(15)24-20(25)14-28-22(24)16-8-5-9-17(13-16)23-21(26)19-11-6-12-27-19/h3-13,22H,2,14H2,1H3,(H,23,26). The quantitative estimate of drug-likeness (QED) is 0.673. The molecule has 2 amide bonds. The van der Waals surface area contributed by atoms with Gasteiger partial charge in [0.2, 0.25) is 5.91 Å². The Morgan fingerprint density at radius 2 is 2.04 bits per heavy atom. The van der Waals surface area contributed by atoms with Crippen LogP contribution in [0.1, 0.15) is 34.0 Å². The lowest BCUT2D eigenvalue weighted by Gasteiger charge is -2.26. The molecule has 2 heterocycles. The summed E-state index contributed by atoms with van der Waals surface area (Å²) in [7, 11) is 0. The van der Waals surface area contributed by atoms with E-state index in [1.54, 1.807) is 23.9 Å². The largest absolute Gasteiger partial charge is 0.459 e.